The number of aromatic nitrogens is 1. The van der Waals surface area contributed by atoms with Gasteiger partial charge in [0, 0.05) is 12.6 Å². The molecule has 6 heteroatoms. The summed E-state index contributed by atoms with van der Waals surface area (Å²) in [6.45, 7) is 1.52. The van der Waals surface area contributed by atoms with Crippen molar-refractivity contribution >= 4 is 11.6 Å². The number of hydrogen-bond donors (Lipinski definition) is 3. The van der Waals surface area contributed by atoms with E-state index in [0.29, 0.717) is 0 Å². The first-order valence-electron chi connectivity index (χ1n) is 5.16. The van der Waals surface area contributed by atoms with Crippen molar-refractivity contribution in [2.24, 2.45) is 10.7 Å². The lowest BCUT2D eigenvalue weighted by atomic mass is 9.93. The molecule has 2 heterocycles. The molecule has 1 aliphatic rings. The summed E-state index contributed by atoms with van der Waals surface area (Å²) in [5.74, 6) is -0.688. The number of aliphatic imine (C=N–C) groups is 1. The number of nitrogens with two attached hydrogens (primary N) is 1. The molecule has 90 valence electrons. The third-order valence-corrected chi connectivity index (χ3v) is 2.73. The summed E-state index contributed by atoms with van der Waals surface area (Å²) in [5.41, 5.74) is 4.22. The zero-order valence-electron chi connectivity index (χ0n) is 9.29. The molecule has 0 aliphatic carbocycles. The van der Waals surface area contributed by atoms with E-state index in [4.69, 9.17) is 5.73 Å². The number of nitrogens with zero attached hydrogens (tertiary/aromatic N) is 2. The number of carbonyl (C=O) groups excluding carboxylic acids is 1. The average Bonchev–Trinajstić information content (AvgIpc) is 2.55. The Bertz CT molecular complexity index is 496. The first kappa shape index (κ1) is 11.5. The normalized spacial score (nSPS) is 27.9. The maximum absolute atomic E-state index is 11.1. The Balaban J connectivity index is 2.47. The van der Waals surface area contributed by atoms with E-state index in [1.165, 1.54) is 19.2 Å². The van der Waals surface area contributed by atoms with Crippen molar-refractivity contribution in [1.29, 1.82) is 0 Å². The van der Waals surface area contributed by atoms with Crippen LogP contribution in [0.25, 0.3) is 0 Å². The van der Waals surface area contributed by atoms with Crippen LogP contribution >= 0.6 is 0 Å². The molecule has 0 aromatic carbocycles. The van der Waals surface area contributed by atoms with Gasteiger partial charge in [0.15, 0.2) is 0 Å². The summed E-state index contributed by atoms with van der Waals surface area (Å²) < 4.78 is 0. The van der Waals surface area contributed by atoms with Crippen molar-refractivity contribution in [3.8, 4) is 5.75 Å². The van der Waals surface area contributed by atoms with Crippen LogP contribution in [0.2, 0.25) is 0 Å². The highest BCUT2D eigenvalue weighted by atomic mass is 16.3. The lowest BCUT2D eigenvalue weighted by Crippen LogP contribution is -2.35. The summed E-state index contributed by atoms with van der Waals surface area (Å²) in [5, 5.41) is 19.8. The Labute approximate surface area is 97.8 Å². The molecule has 0 fully saturated rings. The number of aromatic hydroxyl groups is 1. The van der Waals surface area contributed by atoms with Gasteiger partial charge < -0.3 is 15.9 Å². The van der Waals surface area contributed by atoms with E-state index in [1.54, 1.807) is 6.07 Å². The molecular formula is C11H13N3O3. The van der Waals surface area contributed by atoms with Crippen LogP contribution in [0.1, 0.15) is 19.0 Å². The molecule has 0 saturated heterocycles. The highest BCUT2D eigenvalue weighted by Gasteiger charge is 2.41. The van der Waals surface area contributed by atoms with Crippen molar-refractivity contribution in [3.05, 3.63) is 24.0 Å². The molecule has 2 atom stereocenters. The smallest absolute Gasteiger partial charge is 0.242 e. The van der Waals surface area contributed by atoms with Gasteiger partial charge in [0.05, 0.1) is 5.71 Å². The molecule has 1 aromatic rings. The molecule has 1 aliphatic heterocycles. The Morgan fingerprint density at radius 2 is 2.35 bits per heavy atom. The van der Waals surface area contributed by atoms with E-state index >= 15 is 0 Å². The van der Waals surface area contributed by atoms with Crippen molar-refractivity contribution in [3.63, 3.8) is 0 Å². The van der Waals surface area contributed by atoms with E-state index in [9.17, 15) is 15.0 Å². The molecule has 17 heavy (non-hydrogen) atoms. The van der Waals surface area contributed by atoms with Gasteiger partial charge in [-0.25, -0.2) is 0 Å². The lowest BCUT2D eigenvalue weighted by molar-refractivity contribution is -0.119. The van der Waals surface area contributed by atoms with Gasteiger partial charge in [-0.15, -0.1) is 0 Å². The van der Waals surface area contributed by atoms with E-state index in [0.717, 1.165) is 0 Å². The van der Waals surface area contributed by atoms with Crippen LogP contribution in [0.15, 0.2) is 23.3 Å². The third-order valence-electron chi connectivity index (χ3n) is 2.73. The zero-order valence-corrected chi connectivity index (χ0v) is 9.29. The van der Waals surface area contributed by atoms with Crippen LogP contribution in [-0.2, 0) is 4.79 Å². The molecule has 1 amide bonds. The van der Waals surface area contributed by atoms with Crippen LogP contribution in [0, 0.1) is 0 Å². The third kappa shape index (κ3) is 1.99. The fourth-order valence-corrected chi connectivity index (χ4v) is 1.87. The molecular weight excluding hydrogens is 222 g/mol. The average molecular weight is 235 g/mol. The van der Waals surface area contributed by atoms with Gasteiger partial charge in [0.2, 0.25) is 5.91 Å². The van der Waals surface area contributed by atoms with Crippen molar-refractivity contribution in [2.75, 3.05) is 0 Å². The van der Waals surface area contributed by atoms with Gasteiger partial charge in [0.1, 0.15) is 23.1 Å². The standard InChI is InChI=1S/C11H13N3O3/c1-11(17)5-6(10(12)16)14-9(11)8-7(15)3-2-4-13-8/h2-4,6,15,17H,5H2,1H3,(H2,12,16)/t6-,11?/m0/s1. The van der Waals surface area contributed by atoms with E-state index in [-0.39, 0.29) is 23.6 Å². The van der Waals surface area contributed by atoms with Crippen LogP contribution in [0.5, 0.6) is 5.75 Å². The fraction of sp³-hybridized carbons (Fsp3) is 0.364. The largest absolute Gasteiger partial charge is 0.506 e. The van der Waals surface area contributed by atoms with Gasteiger partial charge in [-0.1, -0.05) is 0 Å². The molecule has 1 aromatic heterocycles. The number of hydrogen-bond acceptors (Lipinski definition) is 5. The SMILES string of the molecule is CC1(O)C[C@@H](C(N)=O)N=C1c1ncccc1O. The number of pyridine rings is 1. The molecule has 4 N–H and O–H groups in total. The second kappa shape index (κ2) is 3.81. The highest BCUT2D eigenvalue weighted by Crippen LogP contribution is 2.30. The first-order chi connectivity index (χ1) is 7.92. The number of aliphatic hydroxyl groups is 1. The Kier molecular flexibility index (Phi) is 2.59. The molecule has 6 nitrogen and oxygen atoms in total. The van der Waals surface area contributed by atoms with Gasteiger partial charge in [-0.2, -0.15) is 0 Å². The maximum Gasteiger partial charge on any atom is 0.242 e. The molecule has 0 radical (unpaired) electrons. The lowest BCUT2D eigenvalue weighted by Gasteiger charge is -2.19. The van der Waals surface area contributed by atoms with Gasteiger partial charge in [-0.3, -0.25) is 14.8 Å². The number of primary amides is 1. The Morgan fingerprint density at radius 3 is 2.88 bits per heavy atom. The second-order valence-electron chi connectivity index (χ2n) is 4.24. The first-order valence-corrected chi connectivity index (χ1v) is 5.16. The van der Waals surface area contributed by atoms with Gasteiger partial charge in [-0.05, 0) is 19.1 Å². The minimum Gasteiger partial charge on any atom is -0.506 e. The molecule has 1 unspecified atom stereocenters. The molecule has 0 spiro atoms. The van der Waals surface area contributed by atoms with Crippen molar-refractivity contribution in [2.45, 2.75) is 25.0 Å². The maximum atomic E-state index is 11.1. The predicted molar refractivity (Wildman–Crippen MR) is 60.7 cm³/mol. The quantitative estimate of drug-likeness (QED) is 0.647. The summed E-state index contributed by atoms with van der Waals surface area (Å²) in [6.07, 6.45) is 1.58. The second-order valence-corrected chi connectivity index (χ2v) is 4.24. The van der Waals surface area contributed by atoms with E-state index in [2.05, 4.69) is 9.98 Å². The van der Waals surface area contributed by atoms with Gasteiger partial charge >= 0.3 is 0 Å². The zero-order chi connectivity index (χ0) is 12.6. The van der Waals surface area contributed by atoms with Crippen LogP contribution < -0.4 is 5.73 Å². The minimum atomic E-state index is -1.31. The minimum absolute atomic E-state index is 0.0864. The van der Waals surface area contributed by atoms with E-state index in [1.807, 2.05) is 0 Å². The molecule has 2 rings (SSSR count). The van der Waals surface area contributed by atoms with Crippen molar-refractivity contribution < 1.29 is 15.0 Å². The van der Waals surface area contributed by atoms with Crippen LogP contribution in [-0.4, -0.2) is 38.5 Å². The number of amides is 1. The number of carbonyl (C=O) groups is 1. The van der Waals surface area contributed by atoms with E-state index < -0.39 is 17.6 Å². The molecule has 0 saturated carbocycles. The van der Waals surface area contributed by atoms with Crippen LogP contribution in [0.4, 0.5) is 0 Å². The highest BCUT2D eigenvalue weighted by molar-refractivity contribution is 6.09. The fourth-order valence-electron chi connectivity index (χ4n) is 1.87. The summed E-state index contributed by atoms with van der Waals surface area (Å²) in [7, 11) is 0. The summed E-state index contributed by atoms with van der Waals surface area (Å²) in [6, 6.07) is 2.23. The Morgan fingerprint density at radius 1 is 1.65 bits per heavy atom. The van der Waals surface area contributed by atoms with Gasteiger partial charge in [0.25, 0.3) is 0 Å². The number of rotatable bonds is 2. The predicted octanol–water partition coefficient (Wildman–Crippen LogP) is -0.415. The topological polar surface area (TPSA) is 109 Å². The monoisotopic (exact) mass is 235 g/mol. The van der Waals surface area contributed by atoms with Crippen LogP contribution in [0.3, 0.4) is 0 Å². The summed E-state index contributed by atoms with van der Waals surface area (Å²) in [4.78, 5) is 19.1. The van der Waals surface area contributed by atoms with Crippen molar-refractivity contribution in [1.82, 2.24) is 4.98 Å². The Hall–Kier alpha value is -1.95. The molecule has 0 bridgehead atoms. The summed E-state index contributed by atoms with van der Waals surface area (Å²) >= 11 is 0.